The monoisotopic (exact) mass is 476 g/mol. The van der Waals surface area contributed by atoms with Crippen molar-refractivity contribution in [2.45, 2.75) is 57.0 Å². The smallest absolute Gasteiger partial charge is 0.407 e. The second-order valence-corrected chi connectivity index (χ2v) is 9.37. The van der Waals surface area contributed by atoms with Gasteiger partial charge in [-0.3, -0.25) is 9.59 Å². The molecule has 2 aromatic rings. The molecular weight excluding hydrogens is 444 g/mol. The lowest BCUT2D eigenvalue weighted by atomic mass is 9.91. The van der Waals surface area contributed by atoms with Crippen LogP contribution in [0.25, 0.3) is 11.1 Å². The maximum atomic E-state index is 12.4. The van der Waals surface area contributed by atoms with Gasteiger partial charge < -0.3 is 20.5 Å². The lowest BCUT2D eigenvalue weighted by Gasteiger charge is -2.23. The number of ether oxygens (including phenoxy) is 1. The van der Waals surface area contributed by atoms with Gasteiger partial charge in [-0.2, -0.15) is 0 Å². The molecule has 0 aromatic heterocycles. The van der Waals surface area contributed by atoms with Crippen LogP contribution in [0.4, 0.5) is 4.79 Å². The largest absolute Gasteiger partial charge is 0.481 e. The summed E-state index contributed by atoms with van der Waals surface area (Å²) in [6, 6.07) is 16.0. The second-order valence-electron chi connectivity index (χ2n) is 9.37. The van der Waals surface area contributed by atoms with Crippen LogP contribution in [0.2, 0.25) is 0 Å². The third-order valence-electron chi connectivity index (χ3n) is 6.77. The van der Waals surface area contributed by atoms with Gasteiger partial charge in [0.15, 0.2) is 0 Å². The molecule has 35 heavy (non-hydrogen) atoms. The summed E-state index contributed by atoms with van der Waals surface area (Å²) < 4.78 is 5.58. The number of carboxylic acid groups (broad SMARTS) is 1. The van der Waals surface area contributed by atoms with Crippen molar-refractivity contribution < 1.29 is 24.2 Å². The highest BCUT2D eigenvalue weighted by Crippen LogP contribution is 2.44. The van der Waals surface area contributed by atoms with Gasteiger partial charge in [-0.25, -0.2) is 4.79 Å². The van der Waals surface area contributed by atoms with E-state index >= 15 is 0 Å². The molecule has 2 aromatic carbocycles. The molecule has 3 unspecified atom stereocenters. The van der Waals surface area contributed by atoms with Crippen LogP contribution >= 0.6 is 0 Å². The molecule has 0 fully saturated rings. The molecule has 0 bridgehead atoms. The second kappa shape index (κ2) is 11.2. The minimum absolute atomic E-state index is 0.0155. The predicted octanol–water partition coefficient (Wildman–Crippen LogP) is 4.62. The minimum Gasteiger partial charge on any atom is -0.481 e. The van der Waals surface area contributed by atoms with Crippen LogP contribution < -0.4 is 10.6 Å². The van der Waals surface area contributed by atoms with Crippen LogP contribution in [0.5, 0.6) is 0 Å². The number of carbonyl (C=O) groups is 3. The van der Waals surface area contributed by atoms with Crippen molar-refractivity contribution in [3.63, 3.8) is 0 Å². The molecule has 2 amide bonds. The van der Waals surface area contributed by atoms with Gasteiger partial charge in [0.2, 0.25) is 5.91 Å². The number of aliphatic carboxylic acids is 1. The highest BCUT2D eigenvalue weighted by molar-refractivity contribution is 5.79. The zero-order valence-electron chi connectivity index (χ0n) is 19.9. The van der Waals surface area contributed by atoms with E-state index in [0.717, 1.165) is 0 Å². The maximum Gasteiger partial charge on any atom is 0.407 e. The summed E-state index contributed by atoms with van der Waals surface area (Å²) in [4.78, 5) is 35.8. The molecule has 184 valence electrons. The van der Waals surface area contributed by atoms with Crippen molar-refractivity contribution in [3.8, 4) is 11.1 Å². The van der Waals surface area contributed by atoms with Crippen molar-refractivity contribution in [1.82, 2.24) is 10.6 Å². The average Bonchev–Trinajstić information content (AvgIpc) is 3.16. The molecule has 0 radical (unpaired) electrons. The highest BCUT2D eigenvalue weighted by atomic mass is 16.5. The fourth-order valence-electron chi connectivity index (χ4n) is 4.96. The molecule has 0 saturated carbocycles. The van der Waals surface area contributed by atoms with Crippen molar-refractivity contribution in [2.24, 2.45) is 5.92 Å². The molecule has 0 spiro atoms. The SMILES string of the molecule is CC(CCCC(=O)NC1C=CCC(C(=O)O)C1)NC(=O)OCC1c2ccccc2-c2ccccc21. The first-order valence-corrected chi connectivity index (χ1v) is 12.2. The molecule has 7 heteroatoms. The van der Waals surface area contributed by atoms with Crippen LogP contribution in [0, 0.1) is 5.92 Å². The molecular formula is C28H32N2O5. The Hall–Kier alpha value is -3.61. The van der Waals surface area contributed by atoms with E-state index in [1.807, 2.05) is 43.3 Å². The number of allylic oxidation sites excluding steroid dienone is 1. The number of carbonyl (C=O) groups excluding carboxylic acids is 2. The summed E-state index contributed by atoms with van der Waals surface area (Å²) in [7, 11) is 0. The molecule has 2 aliphatic carbocycles. The topological polar surface area (TPSA) is 105 Å². The van der Waals surface area contributed by atoms with Crippen molar-refractivity contribution in [1.29, 1.82) is 0 Å². The standard InChI is InChI=1S/C28H32N2O5/c1-18(8-6-15-26(31)30-20-10-7-9-19(16-20)27(32)33)29-28(34)35-17-25-23-13-4-2-11-21(23)22-12-3-5-14-24(22)25/h2-5,7,10-14,18-20,25H,6,8-9,15-17H2,1H3,(H,29,34)(H,30,31)(H,32,33). The number of carboxylic acids is 1. The fourth-order valence-corrected chi connectivity index (χ4v) is 4.96. The maximum absolute atomic E-state index is 12.4. The van der Waals surface area contributed by atoms with Gasteiger partial charge in [0.05, 0.1) is 5.92 Å². The summed E-state index contributed by atoms with van der Waals surface area (Å²) in [6.07, 6.45) is 5.69. The highest BCUT2D eigenvalue weighted by Gasteiger charge is 2.29. The number of rotatable bonds is 9. The number of alkyl carbamates (subject to hydrolysis) is 1. The van der Waals surface area contributed by atoms with Gasteiger partial charge in [-0.05, 0) is 54.9 Å². The summed E-state index contributed by atoms with van der Waals surface area (Å²) in [5.74, 6) is -1.38. The molecule has 0 aliphatic heterocycles. The lowest BCUT2D eigenvalue weighted by molar-refractivity contribution is -0.142. The normalized spacial score (nSPS) is 19.3. The molecule has 0 heterocycles. The van der Waals surface area contributed by atoms with Crippen LogP contribution in [0.3, 0.4) is 0 Å². The van der Waals surface area contributed by atoms with Crippen LogP contribution in [-0.4, -0.2) is 41.8 Å². The number of hydrogen-bond acceptors (Lipinski definition) is 4. The molecule has 7 nitrogen and oxygen atoms in total. The first kappa shape index (κ1) is 24.5. The average molecular weight is 477 g/mol. The van der Waals surface area contributed by atoms with E-state index < -0.39 is 18.0 Å². The van der Waals surface area contributed by atoms with Crippen LogP contribution in [-0.2, 0) is 14.3 Å². The van der Waals surface area contributed by atoms with E-state index in [0.29, 0.717) is 32.1 Å². The molecule has 4 rings (SSSR count). The minimum atomic E-state index is -0.832. The summed E-state index contributed by atoms with van der Waals surface area (Å²) >= 11 is 0. The Morgan fingerprint density at radius 2 is 1.71 bits per heavy atom. The Bertz CT molecular complexity index is 1070. The first-order valence-electron chi connectivity index (χ1n) is 12.2. The van der Waals surface area contributed by atoms with E-state index in [1.54, 1.807) is 0 Å². The Labute approximate surface area is 205 Å². The summed E-state index contributed by atoms with van der Waals surface area (Å²) in [6.45, 7) is 2.15. The van der Waals surface area contributed by atoms with Gasteiger partial charge in [0.25, 0.3) is 0 Å². The van der Waals surface area contributed by atoms with Crippen LogP contribution in [0.15, 0.2) is 60.7 Å². The van der Waals surface area contributed by atoms with Crippen molar-refractivity contribution >= 4 is 18.0 Å². The van der Waals surface area contributed by atoms with Crippen molar-refractivity contribution in [2.75, 3.05) is 6.61 Å². The van der Waals surface area contributed by atoms with Gasteiger partial charge in [-0.15, -0.1) is 0 Å². The fraction of sp³-hybridized carbons (Fsp3) is 0.393. The van der Waals surface area contributed by atoms with Crippen molar-refractivity contribution in [3.05, 3.63) is 71.8 Å². The van der Waals surface area contributed by atoms with Gasteiger partial charge in [0.1, 0.15) is 6.61 Å². The number of fused-ring (bicyclic) bond motifs is 3. The molecule has 3 atom stereocenters. The van der Waals surface area contributed by atoms with Gasteiger partial charge >= 0.3 is 12.1 Å². The summed E-state index contributed by atoms with van der Waals surface area (Å²) in [5.41, 5.74) is 4.71. The number of amides is 2. The third-order valence-corrected chi connectivity index (χ3v) is 6.77. The zero-order chi connectivity index (χ0) is 24.8. The number of benzene rings is 2. The third kappa shape index (κ3) is 6.10. The Morgan fingerprint density at radius 1 is 1.06 bits per heavy atom. The Kier molecular flexibility index (Phi) is 7.85. The molecule has 3 N–H and O–H groups in total. The lowest BCUT2D eigenvalue weighted by Crippen LogP contribution is -2.38. The van der Waals surface area contributed by atoms with Gasteiger partial charge in [-0.1, -0.05) is 60.7 Å². The summed E-state index contributed by atoms with van der Waals surface area (Å²) in [5, 5.41) is 14.9. The number of hydrogen-bond donors (Lipinski definition) is 3. The molecule has 0 saturated heterocycles. The van der Waals surface area contributed by atoms with Crippen LogP contribution in [0.1, 0.15) is 56.1 Å². The van der Waals surface area contributed by atoms with E-state index in [4.69, 9.17) is 9.84 Å². The molecule has 2 aliphatic rings. The quantitative estimate of drug-likeness (QED) is 0.458. The Balaban J connectivity index is 1.18. The van der Waals surface area contributed by atoms with E-state index in [2.05, 4.69) is 34.9 Å². The van der Waals surface area contributed by atoms with E-state index in [-0.39, 0.29) is 30.5 Å². The van der Waals surface area contributed by atoms with E-state index in [9.17, 15) is 14.4 Å². The van der Waals surface area contributed by atoms with Gasteiger partial charge in [0, 0.05) is 24.4 Å². The number of nitrogens with one attached hydrogen (secondary N) is 2. The predicted molar refractivity (Wildman–Crippen MR) is 133 cm³/mol. The first-order chi connectivity index (χ1) is 16.9. The van der Waals surface area contributed by atoms with E-state index in [1.165, 1.54) is 22.3 Å². The zero-order valence-corrected chi connectivity index (χ0v) is 19.9. The Morgan fingerprint density at radius 3 is 2.37 bits per heavy atom.